The summed E-state index contributed by atoms with van der Waals surface area (Å²) in [6.45, 7) is 0.463. The number of nitrogens with zero attached hydrogens (tertiary/aromatic N) is 2. The van der Waals surface area contributed by atoms with E-state index in [1.54, 1.807) is 6.20 Å². The Morgan fingerprint density at radius 2 is 2.00 bits per heavy atom. The van der Waals surface area contributed by atoms with Gasteiger partial charge in [-0.05, 0) is 40.8 Å². The molecule has 0 fully saturated rings. The van der Waals surface area contributed by atoms with Gasteiger partial charge < -0.3 is 10.2 Å². The summed E-state index contributed by atoms with van der Waals surface area (Å²) in [5.41, 5.74) is 1.69. The van der Waals surface area contributed by atoms with E-state index >= 15 is 0 Å². The van der Waals surface area contributed by atoms with E-state index < -0.39 is 0 Å². The third-order valence-corrected chi connectivity index (χ3v) is 3.79. The third-order valence-electron chi connectivity index (χ3n) is 2.85. The number of rotatable bonds is 4. The van der Waals surface area contributed by atoms with Crippen LogP contribution >= 0.6 is 22.6 Å². The van der Waals surface area contributed by atoms with Crippen LogP contribution in [-0.4, -0.2) is 25.0 Å². The molecule has 1 N–H and O–H groups in total. The van der Waals surface area contributed by atoms with Crippen molar-refractivity contribution in [3.05, 3.63) is 57.3 Å². The Kier molecular flexibility index (Phi) is 4.94. The van der Waals surface area contributed by atoms with Gasteiger partial charge in [-0.3, -0.25) is 4.79 Å². The largest absolute Gasteiger partial charge is 0.362 e. The number of nitrogens with one attached hydrogen (secondary N) is 1. The molecule has 0 unspecified atom stereocenters. The molecule has 20 heavy (non-hydrogen) atoms. The number of hydrogen-bond donors (Lipinski definition) is 1. The molecule has 1 aromatic carbocycles. The van der Waals surface area contributed by atoms with Crippen molar-refractivity contribution < 1.29 is 4.79 Å². The fraction of sp³-hybridized carbons (Fsp3) is 0.200. The van der Waals surface area contributed by atoms with E-state index in [1.807, 2.05) is 55.4 Å². The van der Waals surface area contributed by atoms with Gasteiger partial charge in [0.1, 0.15) is 5.82 Å². The zero-order valence-corrected chi connectivity index (χ0v) is 13.6. The first-order valence-corrected chi connectivity index (χ1v) is 7.31. The van der Waals surface area contributed by atoms with Crippen LogP contribution in [0.3, 0.4) is 0 Å². The van der Waals surface area contributed by atoms with Gasteiger partial charge in [0.05, 0.1) is 5.56 Å². The fourth-order valence-corrected chi connectivity index (χ4v) is 2.52. The zero-order valence-electron chi connectivity index (χ0n) is 11.4. The predicted molar refractivity (Wildman–Crippen MR) is 88.9 cm³/mol. The molecule has 0 saturated heterocycles. The molecule has 1 aromatic heterocycles. The van der Waals surface area contributed by atoms with Gasteiger partial charge in [-0.15, -0.1) is 0 Å². The number of carbonyl (C=O) groups excluding carboxylic acids is 1. The van der Waals surface area contributed by atoms with Gasteiger partial charge in [-0.25, -0.2) is 4.98 Å². The minimum atomic E-state index is -0.0661. The lowest BCUT2D eigenvalue weighted by Gasteiger charge is -2.16. The number of carbonyl (C=O) groups is 1. The summed E-state index contributed by atoms with van der Waals surface area (Å²) in [4.78, 5) is 18.4. The van der Waals surface area contributed by atoms with Crippen molar-refractivity contribution in [2.45, 2.75) is 6.54 Å². The average Bonchev–Trinajstić information content (AvgIpc) is 2.45. The molecule has 4 nitrogen and oxygen atoms in total. The first kappa shape index (κ1) is 14.8. The Morgan fingerprint density at radius 3 is 2.70 bits per heavy atom. The van der Waals surface area contributed by atoms with E-state index in [1.165, 1.54) is 0 Å². The van der Waals surface area contributed by atoms with Crippen LogP contribution in [-0.2, 0) is 6.54 Å². The summed E-state index contributed by atoms with van der Waals surface area (Å²) in [5.74, 6) is 0.805. The van der Waals surface area contributed by atoms with Gasteiger partial charge in [0, 0.05) is 36.0 Å². The number of hydrogen-bond acceptors (Lipinski definition) is 3. The predicted octanol–water partition coefficient (Wildman–Crippen LogP) is 2.68. The fourth-order valence-electron chi connectivity index (χ4n) is 1.89. The summed E-state index contributed by atoms with van der Waals surface area (Å²) < 4.78 is 0.946. The Hall–Kier alpha value is -1.63. The smallest absolute Gasteiger partial charge is 0.252 e. The van der Waals surface area contributed by atoms with Crippen LogP contribution < -0.4 is 10.2 Å². The van der Waals surface area contributed by atoms with E-state index in [-0.39, 0.29) is 5.91 Å². The maximum absolute atomic E-state index is 12.2. The molecule has 1 amide bonds. The lowest BCUT2D eigenvalue weighted by molar-refractivity contribution is 0.0950. The molecule has 0 bridgehead atoms. The number of amides is 1. The van der Waals surface area contributed by atoms with E-state index in [0.29, 0.717) is 12.1 Å². The quantitative estimate of drug-likeness (QED) is 0.829. The van der Waals surface area contributed by atoms with Gasteiger partial charge in [0.15, 0.2) is 0 Å². The van der Waals surface area contributed by atoms with Crippen molar-refractivity contribution in [2.24, 2.45) is 0 Å². The summed E-state index contributed by atoms with van der Waals surface area (Å²) >= 11 is 2.17. The highest BCUT2D eigenvalue weighted by Crippen LogP contribution is 2.15. The van der Waals surface area contributed by atoms with Gasteiger partial charge in [-0.1, -0.05) is 18.2 Å². The zero-order chi connectivity index (χ0) is 14.5. The van der Waals surface area contributed by atoms with E-state index in [9.17, 15) is 4.79 Å². The van der Waals surface area contributed by atoms with E-state index in [4.69, 9.17) is 0 Å². The van der Waals surface area contributed by atoms with Crippen LogP contribution in [0.4, 0.5) is 5.82 Å². The average molecular weight is 381 g/mol. The second-order valence-corrected chi connectivity index (χ2v) is 5.71. The lowest BCUT2D eigenvalue weighted by Crippen LogP contribution is -2.25. The summed E-state index contributed by atoms with van der Waals surface area (Å²) in [6.07, 6.45) is 1.75. The first-order chi connectivity index (χ1) is 9.59. The Labute approximate surface area is 132 Å². The summed E-state index contributed by atoms with van der Waals surface area (Å²) in [7, 11) is 3.88. The molecule has 0 saturated carbocycles. The molecular weight excluding hydrogens is 365 g/mol. The summed E-state index contributed by atoms with van der Waals surface area (Å²) in [6, 6.07) is 11.4. The van der Waals surface area contributed by atoms with Gasteiger partial charge >= 0.3 is 0 Å². The minimum Gasteiger partial charge on any atom is -0.362 e. The van der Waals surface area contributed by atoms with Crippen molar-refractivity contribution in [1.29, 1.82) is 0 Å². The number of benzene rings is 1. The van der Waals surface area contributed by atoms with Crippen molar-refractivity contribution in [3.63, 3.8) is 0 Å². The molecule has 0 aliphatic carbocycles. The maximum Gasteiger partial charge on any atom is 0.252 e. The third kappa shape index (κ3) is 3.47. The molecule has 5 heteroatoms. The number of aromatic nitrogens is 1. The minimum absolute atomic E-state index is 0.0661. The molecule has 0 aliphatic rings. The molecule has 0 spiro atoms. The van der Waals surface area contributed by atoms with Gasteiger partial charge in [0.2, 0.25) is 0 Å². The van der Waals surface area contributed by atoms with Crippen LogP contribution in [0.5, 0.6) is 0 Å². The maximum atomic E-state index is 12.2. The van der Waals surface area contributed by atoms with Crippen LogP contribution in [0.1, 0.15) is 15.9 Å². The molecule has 104 valence electrons. The topological polar surface area (TPSA) is 45.2 Å². The lowest BCUT2D eigenvalue weighted by atomic mass is 10.2. The van der Waals surface area contributed by atoms with Crippen molar-refractivity contribution >= 4 is 34.3 Å². The molecular formula is C15H16IN3O. The van der Waals surface area contributed by atoms with Crippen LogP contribution in [0.2, 0.25) is 0 Å². The molecule has 2 rings (SSSR count). The van der Waals surface area contributed by atoms with Gasteiger partial charge in [0.25, 0.3) is 5.91 Å². The monoisotopic (exact) mass is 381 g/mol. The van der Waals surface area contributed by atoms with Crippen LogP contribution in [0.25, 0.3) is 0 Å². The van der Waals surface area contributed by atoms with Gasteiger partial charge in [-0.2, -0.15) is 0 Å². The number of halogens is 1. The molecule has 1 heterocycles. The van der Waals surface area contributed by atoms with Crippen molar-refractivity contribution in [1.82, 2.24) is 10.3 Å². The van der Waals surface area contributed by atoms with Crippen molar-refractivity contribution in [3.8, 4) is 0 Å². The molecule has 0 aliphatic heterocycles. The van der Waals surface area contributed by atoms with Crippen molar-refractivity contribution in [2.75, 3.05) is 19.0 Å². The van der Waals surface area contributed by atoms with Crippen LogP contribution in [0.15, 0.2) is 42.6 Å². The number of anilines is 1. The highest BCUT2D eigenvalue weighted by atomic mass is 127. The molecule has 2 aromatic rings. The van der Waals surface area contributed by atoms with E-state index in [2.05, 4.69) is 32.9 Å². The Balaban J connectivity index is 2.10. The molecule has 0 atom stereocenters. The van der Waals surface area contributed by atoms with E-state index in [0.717, 1.165) is 15.0 Å². The SMILES string of the molecule is CN(C)c1ncccc1CNC(=O)c1ccccc1I. The Bertz CT molecular complexity index is 614. The normalized spacial score (nSPS) is 10.2. The second-order valence-electron chi connectivity index (χ2n) is 4.54. The first-order valence-electron chi connectivity index (χ1n) is 6.23. The highest BCUT2D eigenvalue weighted by molar-refractivity contribution is 14.1. The highest BCUT2D eigenvalue weighted by Gasteiger charge is 2.10. The van der Waals surface area contributed by atoms with Crippen LogP contribution in [0, 0.1) is 3.57 Å². The second kappa shape index (κ2) is 6.69. The molecule has 0 radical (unpaired) electrons. The Morgan fingerprint density at radius 1 is 1.25 bits per heavy atom. The standard InChI is InChI=1S/C15H16IN3O/c1-19(2)14-11(6-5-9-17-14)10-18-15(20)12-7-3-4-8-13(12)16/h3-9H,10H2,1-2H3,(H,18,20). The number of pyridine rings is 1. The summed E-state index contributed by atoms with van der Waals surface area (Å²) in [5, 5.41) is 2.94.